The minimum atomic E-state index is 0.619. The summed E-state index contributed by atoms with van der Waals surface area (Å²) in [5, 5.41) is 4.62. The van der Waals surface area contributed by atoms with Crippen molar-refractivity contribution in [3.8, 4) is 78.7 Å². The highest BCUT2D eigenvalue weighted by Crippen LogP contribution is 2.39. The van der Waals surface area contributed by atoms with Crippen molar-refractivity contribution in [3.05, 3.63) is 212 Å². The maximum Gasteiger partial charge on any atom is 0.164 e. The molecule has 0 amide bonds. The quantitative estimate of drug-likeness (QED) is 0.163. The first-order chi connectivity index (χ1) is 29.2. The average Bonchev–Trinajstić information content (AvgIpc) is 3.71. The summed E-state index contributed by atoms with van der Waals surface area (Å²) in [4.78, 5) is 15.4. The second-order valence-corrected chi connectivity index (χ2v) is 14.8. The molecule has 0 fully saturated rings. The Balaban J connectivity index is 0.987. The van der Waals surface area contributed by atoms with Crippen LogP contribution in [0.4, 0.5) is 0 Å². The third-order valence-electron chi connectivity index (χ3n) is 11.1. The minimum absolute atomic E-state index is 0.619. The van der Waals surface area contributed by atoms with Crippen LogP contribution in [0.5, 0.6) is 0 Å². The summed E-state index contributed by atoms with van der Waals surface area (Å²) in [5.74, 6) is 1.87. The molecule has 0 aliphatic heterocycles. The van der Waals surface area contributed by atoms with Crippen LogP contribution in [0.15, 0.2) is 217 Å². The number of para-hydroxylation sites is 1. The molecule has 4 nitrogen and oxygen atoms in total. The van der Waals surface area contributed by atoms with E-state index in [1.165, 1.54) is 21.9 Å². The molecular formula is C55H35N3O. The lowest BCUT2D eigenvalue weighted by Crippen LogP contribution is -2.01. The molecule has 0 radical (unpaired) electrons. The Bertz CT molecular complexity index is 3320. The number of aromatic nitrogens is 3. The lowest BCUT2D eigenvalue weighted by Gasteiger charge is -2.13. The molecule has 276 valence electrons. The van der Waals surface area contributed by atoms with Crippen LogP contribution >= 0.6 is 0 Å². The topological polar surface area (TPSA) is 51.8 Å². The monoisotopic (exact) mass is 753 g/mol. The van der Waals surface area contributed by atoms with Crippen molar-refractivity contribution in [2.24, 2.45) is 0 Å². The van der Waals surface area contributed by atoms with Gasteiger partial charge in [0.1, 0.15) is 11.2 Å². The van der Waals surface area contributed by atoms with Crippen LogP contribution in [0, 0.1) is 0 Å². The molecule has 4 heteroatoms. The highest BCUT2D eigenvalue weighted by molar-refractivity contribution is 6.13. The third-order valence-corrected chi connectivity index (χ3v) is 11.1. The van der Waals surface area contributed by atoms with Gasteiger partial charge < -0.3 is 4.42 Å². The average molecular weight is 754 g/mol. The third kappa shape index (κ3) is 6.43. The molecule has 0 saturated heterocycles. The second-order valence-electron chi connectivity index (χ2n) is 14.8. The molecule has 11 rings (SSSR count). The van der Waals surface area contributed by atoms with E-state index in [0.29, 0.717) is 17.5 Å². The van der Waals surface area contributed by atoms with Gasteiger partial charge in [0.05, 0.1) is 0 Å². The molecule has 11 aromatic rings. The van der Waals surface area contributed by atoms with Crippen molar-refractivity contribution in [3.63, 3.8) is 0 Å². The molecular weight excluding hydrogens is 719 g/mol. The first-order valence-corrected chi connectivity index (χ1v) is 19.8. The smallest absolute Gasteiger partial charge is 0.164 e. The van der Waals surface area contributed by atoms with Crippen molar-refractivity contribution in [1.29, 1.82) is 0 Å². The van der Waals surface area contributed by atoms with Crippen LogP contribution in [0.3, 0.4) is 0 Å². The zero-order chi connectivity index (χ0) is 39.1. The van der Waals surface area contributed by atoms with E-state index < -0.39 is 0 Å². The standard InChI is InChI=1S/C55H35N3O/c1-3-13-36(14-4-1)37-25-27-39(28-26-37)53-56-54(58-55(57-53)48-20-8-7-19-46(48)38-15-5-2-6-16-38)45-18-11-17-40(35-45)41-29-30-43-34-44(32-31-42(43)33-41)47-22-12-24-51-52(47)49-21-9-10-23-50(49)59-51/h1-35H. The van der Waals surface area contributed by atoms with Crippen molar-refractivity contribution in [2.45, 2.75) is 0 Å². The molecule has 0 atom stereocenters. The molecule has 0 N–H and O–H groups in total. The summed E-state index contributed by atoms with van der Waals surface area (Å²) < 4.78 is 6.20. The first-order valence-electron chi connectivity index (χ1n) is 19.8. The predicted molar refractivity (Wildman–Crippen MR) is 243 cm³/mol. The van der Waals surface area contributed by atoms with Gasteiger partial charge in [-0.2, -0.15) is 0 Å². The number of fused-ring (bicyclic) bond motifs is 4. The van der Waals surface area contributed by atoms with Gasteiger partial charge in [-0.15, -0.1) is 0 Å². The van der Waals surface area contributed by atoms with Crippen LogP contribution in [-0.2, 0) is 0 Å². The summed E-state index contributed by atoms with van der Waals surface area (Å²) in [6, 6.07) is 74.1. The summed E-state index contributed by atoms with van der Waals surface area (Å²) in [6.07, 6.45) is 0. The van der Waals surface area contributed by atoms with Crippen molar-refractivity contribution in [1.82, 2.24) is 15.0 Å². The molecule has 0 unspecified atom stereocenters. The normalized spacial score (nSPS) is 11.4. The van der Waals surface area contributed by atoms with Crippen LogP contribution in [0.1, 0.15) is 0 Å². The van der Waals surface area contributed by atoms with Gasteiger partial charge >= 0.3 is 0 Å². The zero-order valence-corrected chi connectivity index (χ0v) is 32.0. The summed E-state index contributed by atoms with van der Waals surface area (Å²) in [7, 11) is 0. The van der Waals surface area contributed by atoms with Gasteiger partial charge in [0.15, 0.2) is 17.5 Å². The fourth-order valence-electron chi connectivity index (χ4n) is 8.19. The minimum Gasteiger partial charge on any atom is -0.456 e. The van der Waals surface area contributed by atoms with Gasteiger partial charge in [-0.3, -0.25) is 0 Å². The molecule has 0 bridgehead atoms. The van der Waals surface area contributed by atoms with E-state index in [1.807, 2.05) is 36.4 Å². The Morgan fingerprint density at radius 2 is 0.763 bits per heavy atom. The van der Waals surface area contributed by atoms with Gasteiger partial charge in [-0.05, 0) is 85.6 Å². The lowest BCUT2D eigenvalue weighted by atomic mass is 9.95. The van der Waals surface area contributed by atoms with Crippen LogP contribution in [-0.4, -0.2) is 15.0 Å². The zero-order valence-electron chi connectivity index (χ0n) is 32.0. The van der Waals surface area contributed by atoms with E-state index in [-0.39, 0.29) is 0 Å². The van der Waals surface area contributed by atoms with Crippen molar-refractivity contribution in [2.75, 3.05) is 0 Å². The Labute approximate surface area is 341 Å². The first kappa shape index (κ1) is 34.3. The largest absolute Gasteiger partial charge is 0.456 e. The van der Waals surface area contributed by atoms with Crippen LogP contribution < -0.4 is 0 Å². The van der Waals surface area contributed by atoms with Gasteiger partial charge in [0.25, 0.3) is 0 Å². The van der Waals surface area contributed by atoms with Crippen molar-refractivity contribution >= 4 is 32.7 Å². The highest BCUT2D eigenvalue weighted by atomic mass is 16.3. The highest BCUT2D eigenvalue weighted by Gasteiger charge is 2.17. The fourth-order valence-corrected chi connectivity index (χ4v) is 8.19. The van der Waals surface area contributed by atoms with E-state index >= 15 is 0 Å². The molecule has 2 aromatic heterocycles. The molecule has 9 aromatic carbocycles. The maximum absolute atomic E-state index is 6.20. The maximum atomic E-state index is 6.20. The second kappa shape index (κ2) is 14.5. The summed E-state index contributed by atoms with van der Waals surface area (Å²) >= 11 is 0. The SMILES string of the molecule is c1ccc(-c2ccc(-c3nc(-c4cccc(-c5ccc6cc(-c7cccc8oc9ccccc9c78)ccc6c5)c4)nc(-c4ccccc4-c4ccccc4)n3)cc2)cc1. The summed E-state index contributed by atoms with van der Waals surface area (Å²) in [5.41, 5.74) is 13.6. The molecule has 0 aliphatic rings. The van der Waals surface area contributed by atoms with Crippen LogP contribution in [0.25, 0.3) is 111 Å². The van der Waals surface area contributed by atoms with Gasteiger partial charge in [-0.1, -0.05) is 182 Å². The summed E-state index contributed by atoms with van der Waals surface area (Å²) in [6.45, 7) is 0. The molecule has 59 heavy (non-hydrogen) atoms. The number of nitrogens with zero attached hydrogens (tertiary/aromatic N) is 3. The molecule has 0 aliphatic carbocycles. The van der Waals surface area contributed by atoms with E-state index in [1.54, 1.807) is 0 Å². The van der Waals surface area contributed by atoms with Gasteiger partial charge in [0.2, 0.25) is 0 Å². The van der Waals surface area contributed by atoms with Crippen molar-refractivity contribution < 1.29 is 4.42 Å². The Morgan fingerprint density at radius 3 is 1.56 bits per heavy atom. The Kier molecular flexibility index (Phi) is 8.45. The predicted octanol–water partition coefficient (Wildman–Crippen LogP) is 14.6. The molecule has 0 spiro atoms. The van der Waals surface area contributed by atoms with E-state index in [2.05, 4.69) is 176 Å². The van der Waals surface area contributed by atoms with E-state index in [0.717, 1.165) is 72.0 Å². The van der Waals surface area contributed by atoms with Gasteiger partial charge in [0, 0.05) is 27.5 Å². The number of furan rings is 1. The number of benzene rings is 9. The molecule has 0 saturated carbocycles. The van der Waals surface area contributed by atoms with Gasteiger partial charge in [-0.25, -0.2) is 15.0 Å². The van der Waals surface area contributed by atoms with E-state index in [4.69, 9.17) is 19.4 Å². The molecule has 2 heterocycles. The Morgan fingerprint density at radius 1 is 0.271 bits per heavy atom. The Hall–Kier alpha value is -7.95. The fraction of sp³-hybridized carbons (Fsp3) is 0. The van der Waals surface area contributed by atoms with Crippen LogP contribution in [0.2, 0.25) is 0 Å². The number of hydrogen-bond donors (Lipinski definition) is 0. The lowest BCUT2D eigenvalue weighted by molar-refractivity contribution is 0.669. The van der Waals surface area contributed by atoms with E-state index in [9.17, 15) is 0 Å². The number of hydrogen-bond acceptors (Lipinski definition) is 4. The number of rotatable bonds is 7.